The maximum atomic E-state index is 12.9. The predicted molar refractivity (Wildman–Crippen MR) is 178 cm³/mol. The van der Waals surface area contributed by atoms with Gasteiger partial charge in [0.05, 0.1) is 15.6 Å². The van der Waals surface area contributed by atoms with Crippen LogP contribution in [-0.2, 0) is 4.79 Å². The van der Waals surface area contributed by atoms with E-state index in [9.17, 15) is 19.8 Å². The van der Waals surface area contributed by atoms with Crippen molar-refractivity contribution in [1.82, 2.24) is 4.90 Å². The number of furan rings is 1. The molecule has 1 saturated heterocycles. The van der Waals surface area contributed by atoms with Crippen molar-refractivity contribution in [2.75, 3.05) is 19.7 Å². The van der Waals surface area contributed by atoms with Crippen LogP contribution in [0.1, 0.15) is 45.8 Å². The van der Waals surface area contributed by atoms with Gasteiger partial charge in [0.25, 0.3) is 5.91 Å². The predicted octanol–water partition coefficient (Wildman–Crippen LogP) is 8.65. The minimum absolute atomic E-state index is 0.0958. The highest BCUT2D eigenvalue weighted by Crippen LogP contribution is 2.37. The Morgan fingerprint density at radius 3 is 2.37 bits per heavy atom. The van der Waals surface area contributed by atoms with Crippen molar-refractivity contribution >= 4 is 57.6 Å². The molecule has 1 amide bonds. The zero-order chi connectivity index (χ0) is 32.4. The van der Waals surface area contributed by atoms with E-state index >= 15 is 0 Å². The van der Waals surface area contributed by atoms with Crippen molar-refractivity contribution in [1.29, 1.82) is 0 Å². The zero-order valence-electron chi connectivity index (χ0n) is 24.2. The number of carbonyl (C=O) groups is 2. The molecule has 1 aliphatic heterocycles. The van der Waals surface area contributed by atoms with Gasteiger partial charge in [0, 0.05) is 40.7 Å². The summed E-state index contributed by atoms with van der Waals surface area (Å²) < 4.78 is 11.9. The van der Waals surface area contributed by atoms with Crippen LogP contribution in [0.5, 0.6) is 11.5 Å². The summed E-state index contributed by atoms with van der Waals surface area (Å²) in [6.07, 6.45) is 1.65. The first-order valence-corrected chi connectivity index (χ1v) is 15.6. The number of carboxylic acid groups (broad SMARTS) is 1. The summed E-state index contributed by atoms with van der Waals surface area (Å²) in [6.45, 7) is 1.14. The Kier molecular flexibility index (Phi) is 9.14. The first-order valence-electron chi connectivity index (χ1n) is 14.4. The second-order valence-electron chi connectivity index (χ2n) is 10.9. The van der Waals surface area contributed by atoms with Crippen molar-refractivity contribution in [3.05, 3.63) is 116 Å². The number of rotatable bonds is 6. The summed E-state index contributed by atoms with van der Waals surface area (Å²) >= 11 is 18.4. The van der Waals surface area contributed by atoms with Gasteiger partial charge in [-0.25, -0.2) is 4.79 Å². The molecule has 232 valence electrons. The van der Waals surface area contributed by atoms with Crippen molar-refractivity contribution in [2.45, 2.75) is 18.8 Å². The average Bonchev–Trinajstić information content (AvgIpc) is 3.40. The van der Waals surface area contributed by atoms with Crippen LogP contribution in [0.4, 0.5) is 0 Å². The molecule has 0 atom stereocenters. The number of halogens is 3. The largest absolute Gasteiger partial charge is 0.507 e. The van der Waals surface area contributed by atoms with E-state index < -0.39 is 11.7 Å². The maximum absolute atomic E-state index is 12.9. The third kappa shape index (κ3) is 6.80. The molecule has 2 heterocycles. The van der Waals surface area contributed by atoms with E-state index in [0.717, 1.165) is 18.4 Å². The lowest BCUT2D eigenvalue weighted by Gasteiger charge is -2.32. The van der Waals surface area contributed by atoms with Gasteiger partial charge in [-0.1, -0.05) is 58.8 Å². The van der Waals surface area contributed by atoms with Crippen molar-refractivity contribution < 1.29 is 29.0 Å². The number of piperidine rings is 1. The van der Waals surface area contributed by atoms with Gasteiger partial charge in [0.2, 0.25) is 0 Å². The van der Waals surface area contributed by atoms with Crippen LogP contribution >= 0.6 is 34.8 Å². The van der Waals surface area contributed by atoms with Gasteiger partial charge in [-0.2, -0.15) is 0 Å². The van der Waals surface area contributed by atoms with E-state index in [0.29, 0.717) is 67.7 Å². The smallest absolute Gasteiger partial charge is 0.339 e. The fourth-order valence-corrected chi connectivity index (χ4v) is 6.00. The fraction of sp³-hybridized carbons (Fsp3) is 0.167. The maximum Gasteiger partial charge on any atom is 0.339 e. The van der Waals surface area contributed by atoms with Gasteiger partial charge < -0.3 is 24.3 Å². The number of likely N-dealkylation sites (tertiary alicyclic amines) is 1. The summed E-state index contributed by atoms with van der Waals surface area (Å²) in [5, 5.41) is 21.9. The van der Waals surface area contributed by atoms with Gasteiger partial charge in [-0.05, 0) is 85.0 Å². The van der Waals surface area contributed by atoms with E-state index in [1.165, 1.54) is 12.1 Å². The Labute approximate surface area is 279 Å². The number of fused-ring (bicyclic) bond motifs is 1. The highest BCUT2D eigenvalue weighted by atomic mass is 35.5. The van der Waals surface area contributed by atoms with Crippen LogP contribution in [0.3, 0.4) is 0 Å². The molecule has 0 aliphatic carbocycles. The number of ether oxygens (including phenoxy) is 1. The fourth-order valence-electron chi connectivity index (χ4n) is 5.50. The number of carbonyl (C=O) groups excluding carboxylic acids is 1. The third-order valence-corrected chi connectivity index (χ3v) is 8.91. The van der Waals surface area contributed by atoms with Crippen LogP contribution in [0.15, 0.2) is 83.3 Å². The molecule has 0 bridgehead atoms. The van der Waals surface area contributed by atoms with Gasteiger partial charge in [-0.15, -0.1) is 0 Å². The number of aromatic carboxylic acids is 1. The molecule has 1 fully saturated rings. The molecule has 6 rings (SSSR count). The topological polar surface area (TPSA) is 100 Å². The van der Waals surface area contributed by atoms with Crippen LogP contribution in [0.25, 0.3) is 22.3 Å². The standard InChI is InChI=1S/C36H26Cl3NO6/c37-25-3-1-2-21(16-25)4-10-27-28-18-29(36(43)44)32(41)19-33(28)46-35(27)23-5-8-26(9-6-23)45-20-34(42)40-14-12-22(13-15-40)24-7-11-30(38)31(39)17-24/h1-3,5-9,11,16-19,22,41H,12-15,20H2,(H,43,44). The number of benzene rings is 4. The second kappa shape index (κ2) is 13.4. The van der Waals surface area contributed by atoms with E-state index in [2.05, 4.69) is 11.8 Å². The lowest BCUT2D eigenvalue weighted by atomic mass is 9.89. The van der Waals surface area contributed by atoms with Gasteiger partial charge in [0.1, 0.15) is 22.6 Å². The lowest BCUT2D eigenvalue weighted by Crippen LogP contribution is -2.40. The first-order chi connectivity index (χ1) is 22.2. The average molecular weight is 675 g/mol. The Hall–Kier alpha value is -4.61. The number of aromatic hydroxyl groups is 1. The normalized spacial score (nSPS) is 13.3. The molecule has 0 saturated carbocycles. The van der Waals surface area contributed by atoms with Crippen LogP contribution in [0.2, 0.25) is 15.1 Å². The Balaban J connectivity index is 1.17. The molecule has 10 heteroatoms. The number of hydrogen-bond donors (Lipinski definition) is 2. The van der Waals surface area contributed by atoms with Gasteiger partial charge >= 0.3 is 5.97 Å². The zero-order valence-corrected chi connectivity index (χ0v) is 26.5. The van der Waals surface area contributed by atoms with Crippen LogP contribution < -0.4 is 4.74 Å². The van der Waals surface area contributed by atoms with Gasteiger partial charge in [-0.3, -0.25) is 4.79 Å². The number of phenols is 1. The molecular weight excluding hydrogens is 649 g/mol. The van der Waals surface area contributed by atoms with E-state index in [1.54, 1.807) is 54.6 Å². The second-order valence-corrected chi connectivity index (χ2v) is 12.1. The molecule has 46 heavy (non-hydrogen) atoms. The molecule has 4 aromatic carbocycles. The highest BCUT2D eigenvalue weighted by molar-refractivity contribution is 6.42. The third-order valence-electron chi connectivity index (χ3n) is 7.93. The molecular formula is C36H26Cl3NO6. The minimum atomic E-state index is -1.28. The molecule has 0 unspecified atom stereocenters. The Bertz CT molecular complexity index is 2020. The van der Waals surface area contributed by atoms with E-state index in [-0.39, 0.29) is 23.7 Å². The summed E-state index contributed by atoms with van der Waals surface area (Å²) in [4.78, 5) is 26.5. The van der Waals surface area contributed by atoms with Crippen LogP contribution in [0, 0.1) is 11.8 Å². The number of carboxylic acids is 1. The molecule has 7 nitrogen and oxygen atoms in total. The van der Waals surface area contributed by atoms with Crippen molar-refractivity contribution in [2.24, 2.45) is 0 Å². The number of amides is 1. The molecule has 5 aromatic rings. The first kappa shape index (κ1) is 31.4. The molecule has 0 spiro atoms. The summed E-state index contributed by atoms with van der Waals surface area (Å²) in [5.41, 5.74) is 2.90. The molecule has 1 aliphatic rings. The summed E-state index contributed by atoms with van der Waals surface area (Å²) in [7, 11) is 0. The molecule has 0 radical (unpaired) electrons. The SMILES string of the molecule is O=C(O)c1cc2c(C#Cc3cccc(Cl)c3)c(-c3ccc(OCC(=O)N4CCC(c5ccc(Cl)c(Cl)c5)CC4)cc3)oc2cc1O. The van der Waals surface area contributed by atoms with E-state index in [4.69, 9.17) is 44.0 Å². The summed E-state index contributed by atoms with van der Waals surface area (Å²) in [6, 6.07) is 22.3. The lowest BCUT2D eigenvalue weighted by molar-refractivity contribution is -0.134. The van der Waals surface area contributed by atoms with E-state index in [1.807, 2.05) is 17.0 Å². The molecule has 1 aromatic heterocycles. The minimum Gasteiger partial charge on any atom is -0.507 e. The Morgan fingerprint density at radius 1 is 0.913 bits per heavy atom. The van der Waals surface area contributed by atoms with Crippen molar-refractivity contribution in [3.8, 4) is 34.7 Å². The highest BCUT2D eigenvalue weighted by Gasteiger charge is 2.25. The number of nitrogens with zero attached hydrogens (tertiary/aromatic N) is 1. The Morgan fingerprint density at radius 2 is 1.67 bits per heavy atom. The number of hydrogen-bond acceptors (Lipinski definition) is 5. The summed E-state index contributed by atoms with van der Waals surface area (Å²) in [5.74, 6) is 5.57. The van der Waals surface area contributed by atoms with Gasteiger partial charge in [0.15, 0.2) is 12.4 Å². The quantitative estimate of drug-likeness (QED) is 0.175. The monoisotopic (exact) mass is 673 g/mol. The van der Waals surface area contributed by atoms with Crippen molar-refractivity contribution in [3.63, 3.8) is 0 Å². The van der Waals surface area contributed by atoms with Crippen LogP contribution in [-0.4, -0.2) is 46.7 Å². The molecule has 2 N–H and O–H groups in total.